The van der Waals surface area contributed by atoms with Crippen molar-refractivity contribution in [1.29, 1.82) is 0 Å². The summed E-state index contributed by atoms with van der Waals surface area (Å²) < 4.78 is 5.66. The van der Waals surface area contributed by atoms with E-state index in [1.807, 2.05) is 0 Å². The lowest BCUT2D eigenvalue weighted by molar-refractivity contribution is -0.139. The van der Waals surface area contributed by atoms with Crippen molar-refractivity contribution in [3.8, 4) is 5.75 Å². The Balaban J connectivity index is 1.82. The van der Waals surface area contributed by atoms with Gasteiger partial charge in [0, 0.05) is 0 Å². The van der Waals surface area contributed by atoms with Gasteiger partial charge < -0.3 is 15.2 Å². The second-order valence-corrected chi connectivity index (χ2v) is 6.19. The van der Waals surface area contributed by atoms with Gasteiger partial charge in [-0.2, -0.15) is 0 Å². The van der Waals surface area contributed by atoms with Crippen molar-refractivity contribution < 1.29 is 24.2 Å². The molecule has 0 aliphatic carbocycles. The summed E-state index contributed by atoms with van der Waals surface area (Å²) in [5.74, 6) is -1.17. The monoisotopic (exact) mass is 416 g/mol. The molecule has 3 amide bonds. The fourth-order valence-corrected chi connectivity index (χ4v) is 2.89. The SMILES string of the molecule is O=C(O)COc1ccc(/C=C2/NC(=O)N(c3ccccc3)C2=O)cc1Br. The van der Waals surface area contributed by atoms with E-state index in [9.17, 15) is 14.4 Å². The van der Waals surface area contributed by atoms with Crippen LogP contribution in [0.3, 0.4) is 0 Å². The molecule has 1 fully saturated rings. The zero-order valence-electron chi connectivity index (χ0n) is 13.3. The van der Waals surface area contributed by atoms with E-state index in [2.05, 4.69) is 21.2 Å². The van der Waals surface area contributed by atoms with Crippen LogP contribution in [0.5, 0.6) is 5.75 Å². The van der Waals surface area contributed by atoms with Gasteiger partial charge in [-0.05, 0) is 51.8 Å². The Morgan fingerprint density at radius 3 is 2.58 bits per heavy atom. The number of hydrogen-bond donors (Lipinski definition) is 2. The molecular weight excluding hydrogens is 404 g/mol. The number of hydrogen-bond acceptors (Lipinski definition) is 4. The topological polar surface area (TPSA) is 95.9 Å². The molecule has 3 rings (SSSR count). The molecule has 0 spiro atoms. The Labute approximate surface area is 157 Å². The average Bonchev–Trinajstić information content (AvgIpc) is 2.88. The Kier molecular flexibility index (Phi) is 5.04. The van der Waals surface area contributed by atoms with Crippen LogP contribution in [0, 0.1) is 0 Å². The second kappa shape index (κ2) is 7.40. The molecule has 7 nitrogen and oxygen atoms in total. The fraction of sp³-hybridized carbons (Fsp3) is 0.0556. The highest BCUT2D eigenvalue weighted by atomic mass is 79.9. The van der Waals surface area contributed by atoms with Gasteiger partial charge in [0.2, 0.25) is 0 Å². The van der Waals surface area contributed by atoms with Gasteiger partial charge in [0.25, 0.3) is 5.91 Å². The van der Waals surface area contributed by atoms with Gasteiger partial charge in [-0.25, -0.2) is 14.5 Å². The number of carbonyl (C=O) groups excluding carboxylic acids is 2. The third-order valence-corrected chi connectivity index (χ3v) is 4.13. The molecule has 1 aliphatic rings. The molecule has 1 aliphatic heterocycles. The normalized spacial score (nSPS) is 15.3. The summed E-state index contributed by atoms with van der Waals surface area (Å²) in [6.07, 6.45) is 1.54. The van der Waals surface area contributed by atoms with Gasteiger partial charge in [0.1, 0.15) is 11.4 Å². The quantitative estimate of drug-likeness (QED) is 0.576. The molecule has 2 aromatic rings. The number of para-hydroxylation sites is 1. The first-order valence-corrected chi connectivity index (χ1v) is 8.31. The largest absolute Gasteiger partial charge is 0.481 e. The van der Waals surface area contributed by atoms with Gasteiger partial charge in [-0.15, -0.1) is 0 Å². The smallest absolute Gasteiger partial charge is 0.341 e. The highest BCUT2D eigenvalue weighted by Crippen LogP contribution is 2.28. The molecule has 0 radical (unpaired) electrons. The lowest BCUT2D eigenvalue weighted by Gasteiger charge is -2.10. The molecule has 2 aromatic carbocycles. The number of ether oxygens (including phenoxy) is 1. The molecule has 132 valence electrons. The van der Waals surface area contributed by atoms with E-state index in [0.717, 1.165) is 4.90 Å². The Hall–Kier alpha value is -3.13. The summed E-state index contributed by atoms with van der Waals surface area (Å²) in [6, 6.07) is 13.0. The van der Waals surface area contributed by atoms with Crippen LogP contribution in [0.15, 0.2) is 58.7 Å². The van der Waals surface area contributed by atoms with E-state index < -0.39 is 24.5 Å². The first-order chi connectivity index (χ1) is 12.5. The number of halogens is 1. The van der Waals surface area contributed by atoms with Crippen molar-refractivity contribution in [3.05, 3.63) is 64.3 Å². The van der Waals surface area contributed by atoms with Crippen LogP contribution in [-0.2, 0) is 9.59 Å². The number of carboxylic acid groups (broad SMARTS) is 1. The van der Waals surface area contributed by atoms with E-state index in [4.69, 9.17) is 9.84 Å². The van der Waals surface area contributed by atoms with E-state index in [0.29, 0.717) is 21.5 Å². The predicted molar refractivity (Wildman–Crippen MR) is 97.7 cm³/mol. The number of nitrogens with zero attached hydrogens (tertiary/aromatic N) is 1. The van der Waals surface area contributed by atoms with Crippen molar-refractivity contribution in [2.45, 2.75) is 0 Å². The van der Waals surface area contributed by atoms with Gasteiger partial charge in [0.05, 0.1) is 10.2 Å². The predicted octanol–water partition coefficient (Wildman–Crippen LogP) is 3.01. The molecule has 8 heteroatoms. The van der Waals surface area contributed by atoms with E-state index in [-0.39, 0.29) is 5.70 Å². The van der Waals surface area contributed by atoms with E-state index >= 15 is 0 Å². The number of imide groups is 1. The third-order valence-electron chi connectivity index (χ3n) is 3.51. The second-order valence-electron chi connectivity index (χ2n) is 5.34. The van der Waals surface area contributed by atoms with Crippen LogP contribution < -0.4 is 15.0 Å². The standard InChI is InChI=1S/C18H13BrN2O5/c19-13-8-11(6-7-15(13)26-10-16(22)23)9-14-17(24)21(18(25)20-14)12-4-2-1-3-5-12/h1-9H,10H2,(H,20,25)(H,22,23)/b14-9+. The molecule has 0 saturated carbocycles. The highest BCUT2D eigenvalue weighted by molar-refractivity contribution is 9.10. The van der Waals surface area contributed by atoms with Gasteiger partial charge in [-0.3, -0.25) is 4.79 Å². The van der Waals surface area contributed by atoms with Crippen LogP contribution >= 0.6 is 15.9 Å². The number of carboxylic acids is 1. The summed E-state index contributed by atoms with van der Waals surface area (Å²) in [7, 11) is 0. The number of benzene rings is 2. The molecule has 0 unspecified atom stereocenters. The van der Waals surface area contributed by atoms with Gasteiger partial charge in [-0.1, -0.05) is 24.3 Å². The number of urea groups is 1. The molecule has 26 heavy (non-hydrogen) atoms. The number of amides is 3. The summed E-state index contributed by atoms with van der Waals surface area (Å²) in [5, 5.41) is 11.2. The fourth-order valence-electron chi connectivity index (χ4n) is 2.38. The molecule has 2 N–H and O–H groups in total. The van der Waals surface area contributed by atoms with Crippen molar-refractivity contribution in [3.63, 3.8) is 0 Å². The Bertz CT molecular complexity index is 911. The highest BCUT2D eigenvalue weighted by Gasteiger charge is 2.34. The average molecular weight is 417 g/mol. The summed E-state index contributed by atoms with van der Waals surface area (Å²) in [4.78, 5) is 36.3. The van der Waals surface area contributed by atoms with Crippen molar-refractivity contribution in [1.82, 2.24) is 5.32 Å². The Morgan fingerprint density at radius 2 is 1.92 bits per heavy atom. The maximum atomic E-state index is 12.5. The number of aliphatic carboxylic acids is 1. The van der Waals surface area contributed by atoms with Crippen LogP contribution in [0.25, 0.3) is 6.08 Å². The molecule has 0 atom stereocenters. The summed E-state index contributed by atoms with van der Waals surface area (Å²) in [5.41, 5.74) is 1.26. The number of anilines is 1. The van der Waals surface area contributed by atoms with E-state index in [1.165, 1.54) is 6.08 Å². The summed E-state index contributed by atoms with van der Waals surface area (Å²) in [6.45, 7) is -0.459. The Morgan fingerprint density at radius 1 is 1.19 bits per heavy atom. The lowest BCUT2D eigenvalue weighted by atomic mass is 10.2. The molecule has 1 saturated heterocycles. The molecule has 0 aromatic heterocycles. The molecule has 1 heterocycles. The van der Waals surface area contributed by atoms with E-state index in [1.54, 1.807) is 48.5 Å². The van der Waals surface area contributed by atoms with Crippen LogP contribution in [0.1, 0.15) is 5.56 Å². The van der Waals surface area contributed by atoms with Crippen LogP contribution in [-0.4, -0.2) is 29.6 Å². The first-order valence-electron chi connectivity index (χ1n) is 7.52. The molecular formula is C18H13BrN2O5. The van der Waals surface area contributed by atoms with Gasteiger partial charge in [0.15, 0.2) is 6.61 Å². The van der Waals surface area contributed by atoms with Crippen LogP contribution in [0.2, 0.25) is 0 Å². The van der Waals surface area contributed by atoms with Gasteiger partial charge >= 0.3 is 12.0 Å². The maximum absolute atomic E-state index is 12.5. The minimum atomic E-state index is -1.08. The summed E-state index contributed by atoms with van der Waals surface area (Å²) >= 11 is 3.29. The number of rotatable bonds is 5. The van der Waals surface area contributed by atoms with Crippen molar-refractivity contribution >= 4 is 45.6 Å². The third kappa shape index (κ3) is 3.75. The maximum Gasteiger partial charge on any atom is 0.341 e. The first kappa shape index (κ1) is 17.7. The zero-order valence-corrected chi connectivity index (χ0v) is 14.9. The minimum Gasteiger partial charge on any atom is -0.481 e. The number of carbonyl (C=O) groups is 3. The number of nitrogens with one attached hydrogen (secondary N) is 1. The van der Waals surface area contributed by atoms with Crippen molar-refractivity contribution in [2.75, 3.05) is 11.5 Å². The molecule has 0 bridgehead atoms. The van der Waals surface area contributed by atoms with Crippen LogP contribution in [0.4, 0.5) is 10.5 Å². The minimum absolute atomic E-state index is 0.143. The van der Waals surface area contributed by atoms with Crippen molar-refractivity contribution in [2.24, 2.45) is 0 Å². The zero-order chi connectivity index (χ0) is 18.7. The lowest BCUT2D eigenvalue weighted by Crippen LogP contribution is -2.30.